The first-order valence-corrected chi connectivity index (χ1v) is 8.25. The summed E-state index contributed by atoms with van der Waals surface area (Å²) in [5, 5.41) is 13.0. The van der Waals surface area contributed by atoms with Crippen molar-refractivity contribution >= 4 is 11.8 Å². The SMILES string of the molecule is O=C(NC(CO)C(=O)NCc1ccc(C(F)(F)F)cc1)c1c(F)c(F)c(F)c(F)c1F. The molecule has 31 heavy (non-hydrogen) atoms. The van der Waals surface area contributed by atoms with Crippen molar-refractivity contribution in [2.75, 3.05) is 6.61 Å². The van der Waals surface area contributed by atoms with Crippen molar-refractivity contribution < 1.29 is 49.8 Å². The van der Waals surface area contributed by atoms with E-state index in [1.807, 2.05) is 0 Å². The van der Waals surface area contributed by atoms with Gasteiger partial charge in [0, 0.05) is 6.54 Å². The molecule has 1 atom stereocenters. The van der Waals surface area contributed by atoms with Gasteiger partial charge in [0.15, 0.2) is 23.3 Å². The lowest BCUT2D eigenvalue weighted by molar-refractivity contribution is -0.137. The Balaban J connectivity index is 2.09. The average Bonchev–Trinajstić information content (AvgIpc) is 2.72. The van der Waals surface area contributed by atoms with Crippen LogP contribution in [0.4, 0.5) is 35.1 Å². The molecule has 0 fully saturated rings. The van der Waals surface area contributed by atoms with Gasteiger partial charge in [-0.1, -0.05) is 12.1 Å². The Morgan fingerprint density at radius 2 is 1.35 bits per heavy atom. The number of aliphatic hydroxyl groups is 1. The summed E-state index contributed by atoms with van der Waals surface area (Å²) in [5.41, 5.74) is -2.60. The Labute approximate surface area is 168 Å². The summed E-state index contributed by atoms with van der Waals surface area (Å²) in [7, 11) is 0. The number of nitrogens with one attached hydrogen (secondary N) is 2. The number of alkyl halides is 3. The fraction of sp³-hybridized carbons (Fsp3) is 0.222. The van der Waals surface area contributed by atoms with Crippen LogP contribution in [0.25, 0.3) is 0 Å². The second-order valence-corrected chi connectivity index (χ2v) is 6.07. The van der Waals surface area contributed by atoms with Gasteiger partial charge in [-0.3, -0.25) is 9.59 Å². The molecule has 2 aromatic carbocycles. The van der Waals surface area contributed by atoms with Crippen LogP contribution >= 0.6 is 0 Å². The molecule has 2 aromatic rings. The second kappa shape index (κ2) is 9.29. The number of hydrogen-bond donors (Lipinski definition) is 3. The minimum Gasteiger partial charge on any atom is -0.394 e. The number of aliphatic hydroxyl groups excluding tert-OH is 1. The lowest BCUT2D eigenvalue weighted by atomic mass is 10.1. The van der Waals surface area contributed by atoms with Gasteiger partial charge in [0.05, 0.1) is 12.2 Å². The van der Waals surface area contributed by atoms with Gasteiger partial charge in [0.2, 0.25) is 11.7 Å². The predicted molar refractivity (Wildman–Crippen MR) is 87.9 cm³/mol. The van der Waals surface area contributed by atoms with Gasteiger partial charge in [-0.25, -0.2) is 22.0 Å². The third-order valence-corrected chi connectivity index (χ3v) is 3.99. The van der Waals surface area contributed by atoms with Gasteiger partial charge < -0.3 is 15.7 Å². The number of benzene rings is 2. The van der Waals surface area contributed by atoms with Crippen LogP contribution < -0.4 is 10.6 Å². The highest BCUT2D eigenvalue weighted by atomic mass is 19.4. The highest BCUT2D eigenvalue weighted by Crippen LogP contribution is 2.29. The van der Waals surface area contributed by atoms with Crippen LogP contribution in [-0.4, -0.2) is 29.6 Å². The highest BCUT2D eigenvalue weighted by Gasteiger charge is 2.32. The quantitative estimate of drug-likeness (QED) is 0.356. The minimum atomic E-state index is -4.57. The Morgan fingerprint density at radius 3 is 1.81 bits per heavy atom. The number of halogens is 8. The summed E-state index contributed by atoms with van der Waals surface area (Å²) in [5.74, 6) is -15.1. The molecule has 0 aliphatic heterocycles. The number of carbonyl (C=O) groups excluding carboxylic acids is 2. The number of amides is 2. The normalized spacial score (nSPS) is 12.4. The molecule has 3 N–H and O–H groups in total. The van der Waals surface area contributed by atoms with E-state index < -0.39 is 70.9 Å². The van der Waals surface area contributed by atoms with Crippen molar-refractivity contribution in [3.8, 4) is 0 Å². The summed E-state index contributed by atoms with van der Waals surface area (Å²) in [6.45, 7) is -1.48. The molecule has 0 aliphatic rings. The van der Waals surface area contributed by atoms with Gasteiger partial charge in [-0.05, 0) is 17.7 Å². The van der Waals surface area contributed by atoms with Crippen LogP contribution in [0.15, 0.2) is 24.3 Å². The molecule has 0 heterocycles. The van der Waals surface area contributed by atoms with Crippen LogP contribution in [-0.2, 0) is 17.5 Å². The van der Waals surface area contributed by atoms with E-state index in [0.717, 1.165) is 24.3 Å². The van der Waals surface area contributed by atoms with Crippen molar-refractivity contribution in [3.63, 3.8) is 0 Å². The standard InChI is InChI=1S/C18H12F8N2O3/c19-11-10(12(20)14(22)15(23)13(11)21)17(31)28-9(6-29)16(30)27-5-7-1-3-8(4-2-7)18(24,25)26/h1-4,9,29H,5-6H2,(H,27,30)(H,28,31). The maximum Gasteiger partial charge on any atom is 0.416 e. The summed E-state index contributed by atoms with van der Waals surface area (Å²) in [6, 6.07) is 1.72. The number of rotatable bonds is 6. The third kappa shape index (κ3) is 5.29. The number of hydrogen-bond acceptors (Lipinski definition) is 3. The van der Waals surface area contributed by atoms with Crippen molar-refractivity contribution in [3.05, 3.63) is 70.0 Å². The maximum atomic E-state index is 13.7. The first-order valence-electron chi connectivity index (χ1n) is 8.25. The minimum absolute atomic E-state index is 0.198. The zero-order valence-corrected chi connectivity index (χ0v) is 15.1. The van der Waals surface area contributed by atoms with Crippen molar-refractivity contribution in [1.82, 2.24) is 10.6 Å². The molecule has 2 amide bonds. The lowest BCUT2D eigenvalue weighted by Crippen LogP contribution is -2.49. The van der Waals surface area contributed by atoms with E-state index in [1.54, 1.807) is 5.32 Å². The van der Waals surface area contributed by atoms with Crippen molar-refractivity contribution in [1.29, 1.82) is 0 Å². The van der Waals surface area contributed by atoms with Crippen LogP contribution in [0.3, 0.4) is 0 Å². The molecule has 0 spiro atoms. The molecule has 0 radical (unpaired) electrons. The lowest BCUT2D eigenvalue weighted by Gasteiger charge is -2.17. The third-order valence-electron chi connectivity index (χ3n) is 3.99. The van der Waals surface area contributed by atoms with E-state index in [0.29, 0.717) is 0 Å². The molecule has 5 nitrogen and oxygen atoms in total. The van der Waals surface area contributed by atoms with Crippen LogP contribution in [0.1, 0.15) is 21.5 Å². The van der Waals surface area contributed by atoms with Crippen molar-refractivity contribution in [2.45, 2.75) is 18.8 Å². The topological polar surface area (TPSA) is 78.4 Å². The Hall–Kier alpha value is -3.22. The first kappa shape index (κ1) is 24.1. The summed E-state index contributed by atoms with van der Waals surface area (Å²) < 4.78 is 104. The molecule has 0 aliphatic carbocycles. The Morgan fingerprint density at radius 1 is 0.871 bits per heavy atom. The average molecular weight is 456 g/mol. The molecular formula is C18H12F8N2O3. The molecular weight excluding hydrogens is 444 g/mol. The molecule has 0 bridgehead atoms. The van der Waals surface area contributed by atoms with Gasteiger partial charge >= 0.3 is 6.18 Å². The first-order chi connectivity index (χ1) is 14.4. The number of carbonyl (C=O) groups is 2. The van der Waals surface area contributed by atoms with Gasteiger partial charge in [0.1, 0.15) is 11.6 Å². The van der Waals surface area contributed by atoms with Crippen LogP contribution in [0.5, 0.6) is 0 Å². The van der Waals surface area contributed by atoms with Crippen LogP contribution in [0.2, 0.25) is 0 Å². The molecule has 168 valence electrons. The molecule has 1 unspecified atom stereocenters. The van der Waals surface area contributed by atoms with Gasteiger partial charge in [0.25, 0.3) is 5.91 Å². The Bertz CT molecular complexity index is 964. The van der Waals surface area contributed by atoms with E-state index >= 15 is 0 Å². The molecule has 13 heteroatoms. The van der Waals surface area contributed by atoms with E-state index in [2.05, 4.69) is 5.32 Å². The molecule has 0 saturated carbocycles. The summed E-state index contributed by atoms with van der Waals surface area (Å²) >= 11 is 0. The second-order valence-electron chi connectivity index (χ2n) is 6.07. The Kier molecular flexibility index (Phi) is 7.21. The van der Waals surface area contributed by atoms with Crippen molar-refractivity contribution in [2.24, 2.45) is 0 Å². The van der Waals surface area contributed by atoms with E-state index in [-0.39, 0.29) is 12.1 Å². The highest BCUT2D eigenvalue weighted by molar-refractivity contribution is 5.98. The zero-order chi connectivity index (χ0) is 23.5. The molecule has 2 rings (SSSR count). The summed E-state index contributed by atoms with van der Waals surface area (Å²) in [4.78, 5) is 24.0. The zero-order valence-electron chi connectivity index (χ0n) is 15.1. The van der Waals surface area contributed by atoms with Gasteiger partial charge in [-0.2, -0.15) is 13.2 Å². The van der Waals surface area contributed by atoms with E-state index in [4.69, 9.17) is 0 Å². The smallest absolute Gasteiger partial charge is 0.394 e. The van der Waals surface area contributed by atoms with E-state index in [9.17, 15) is 49.8 Å². The molecule has 0 aromatic heterocycles. The monoisotopic (exact) mass is 456 g/mol. The largest absolute Gasteiger partial charge is 0.416 e. The predicted octanol–water partition coefficient (Wildman–Crippen LogP) is 2.81. The maximum absolute atomic E-state index is 13.7. The van der Waals surface area contributed by atoms with Gasteiger partial charge in [-0.15, -0.1) is 0 Å². The fourth-order valence-electron chi connectivity index (χ4n) is 2.35. The molecule has 0 saturated heterocycles. The summed E-state index contributed by atoms with van der Waals surface area (Å²) in [6.07, 6.45) is -4.57. The van der Waals surface area contributed by atoms with Crippen LogP contribution in [0, 0.1) is 29.1 Å². The van der Waals surface area contributed by atoms with E-state index in [1.165, 1.54) is 0 Å². The fourth-order valence-corrected chi connectivity index (χ4v) is 2.35.